The standard InChI is InChI=1S/C32H25NO4S/c1-5-38-28-17-32(2,3)33(4)26-16-27-25(15-24(26)28)29(21-8-6-7-9-22(21)31(35)36)23-12-10-18-14-19(34)11-13-20(18)30(23)37-27/h5-17H,1H2,2-4H3,(H,35,36). The van der Waals surface area contributed by atoms with Crippen LogP contribution in [0, 0.1) is 0 Å². The van der Waals surface area contributed by atoms with Gasteiger partial charge in [0.1, 0.15) is 11.2 Å². The zero-order valence-corrected chi connectivity index (χ0v) is 22.1. The molecule has 6 heteroatoms. The monoisotopic (exact) mass is 519 g/mol. The molecule has 5 aromatic rings. The van der Waals surface area contributed by atoms with Crippen LogP contribution < -0.4 is 10.3 Å². The summed E-state index contributed by atoms with van der Waals surface area (Å²) in [6.45, 7) is 8.24. The molecule has 1 aromatic heterocycles. The Morgan fingerprint density at radius 1 is 1.00 bits per heavy atom. The molecule has 38 heavy (non-hydrogen) atoms. The second-order valence-electron chi connectivity index (χ2n) is 10.0. The van der Waals surface area contributed by atoms with Gasteiger partial charge in [-0.1, -0.05) is 42.6 Å². The van der Waals surface area contributed by atoms with Crippen LogP contribution in [0.1, 0.15) is 29.8 Å². The first-order valence-corrected chi connectivity index (χ1v) is 13.1. The highest BCUT2D eigenvalue weighted by atomic mass is 32.2. The van der Waals surface area contributed by atoms with Crippen LogP contribution in [0.4, 0.5) is 5.69 Å². The van der Waals surface area contributed by atoms with Crippen LogP contribution in [-0.4, -0.2) is 23.7 Å². The van der Waals surface area contributed by atoms with E-state index in [1.165, 1.54) is 6.07 Å². The van der Waals surface area contributed by atoms with Crippen molar-refractivity contribution in [2.75, 3.05) is 11.9 Å². The number of anilines is 1. The van der Waals surface area contributed by atoms with Gasteiger partial charge < -0.3 is 14.4 Å². The quantitative estimate of drug-likeness (QED) is 0.192. The van der Waals surface area contributed by atoms with E-state index in [1.54, 1.807) is 36.0 Å². The fraction of sp³-hybridized carbons (Fsp3) is 0.125. The fourth-order valence-corrected chi connectivity index (χ4v) is 6.16. The number of nitrogens with zero attached hydrogens (tertiary/aromatic N) is 1. The van der Waals surface area contributed by atoms with Gasteiger partial charge >= 0.3 is 5.97 Å². The van der Waals surface area contributed by atoms with E-state index in [2.05, 4.69) is 44.5 Å². The number of thioether (sulfide) groups is 1. The minimum Gasteiger partial charge on any atom is -0.478 e. The summed E-state index contributed by atoms with van der Waals surface area (Å²) in [6.07, 6.45) is 2.23. The first-order chi connectivity index (χ1) is 18.2. The summed E-state index contributed by atoms with van der Waals surface area (Å²) >= 11 is 1.57. The lowest BCUT2D eigenvalue weighted by atomic mass is 9.89. The zero-order chi connectivity index (χ0) is 26.8. The number of carbonyl (C=O) groups is 1. The summed E-state index contributed by atoms with van der Waals surface area (Å²) in [5.74, 6) is -0.998. The Morgan fingerprint density at radius 2 is 1.76 bits per heavy atom. The first kappa shape index (κ1) is 24.1. The highest BCUT2D eigenvalue weighted by Gasteiger charge is 2.31. The second kappa shape index (κ2) is 8.64. The Labute approximate surface area is 223 Å². The lowest BCUT2D eigenvalue weighted by molar-refractivity contribution is 0.0697. The van der Waals surface area contributed by atoms with Gasteiger partial charge in [-0.3, -0.25) is 4.79 Å². The number of hydrogen-bond donors (Lipinski definition) is 1. The highest BCUT2D eigenvalue weighted by molar-refractivity contribution is 8.10. The van der Waals surface area contributed by atoms with Crippen LogP contribution in [0.5, 0.6) is 0 Å². The van der Waals surface area contributed by atoms with E-state index in [0.29, 0.717) is 16.7 Å². The van der Waals surface area contributed by atoms with Crippen molar-refractivity contribution in [1.29, 1.82) is 0 Å². The van der Waals surface area contributed by atoms with Crippen molar-refractivity contribution < 1.29 is 14.3 Å². The summed E-state index contributed by atoms with van der Waals surface area (Å²) in [5.41, 5.74) is 4.58. The average Bonchev–Trinajstić information content (AvgIpc) is 2.89. The largest absolute Gasteiger partial charge is 0.478 e. The summed E-state index contributed by atoms with van der Waals surface area (Å²) in [6, 6.07) is 19.9. The number of benzene rings is 4. The third-order valence-corrected chi connectivity index (χ3v) is 8.16. The minimum absolute atomic E-state index is 0.0777. The molecule has 1 aliphatic rings. The molecule has 0 atom stereocenters. The molecule has 1 aliphatic heterocycles. The molecule has 0 fully saturated rings. The first-order valence-electron chi connectivity index (χ1n) is 12.2. The van der Waals surface area contributed by atoms with E-state index in [9.17, 15) is 14.7 Å². The maximum atomic E-state index is 12.3. The minimum atomic E-state index is -0.998. The van der Waals surface area contributed by atoms with Crippen LogP contribution in [0.15, 0.2) is 94.0 Å². The highest BCUT2D eigenvalue weighted by Crippen LogP contribution is 2.48. The van der Waals surface area contributed by atoms with Gasteiger partial charge in [0.2, 0.25) is 0 Å². The molecular weight excluding hydrogens is 494 g/mol. The molecule has 4 aromatic carbocycles. The number of hydrogen-bond acceptors (Lipinski definition) is 5. The van der Waals surface area contributed by atoms with Crippen LogP contribution in [-0.2, 0) is 0 Å². The summed E-state index contributed by atoms with van der Waals surface area (Å²) in [4.78, 5) is 27.7. The molecule has 1 N–H and O–H groups in total. The Morgan fingerprint density at radius 3 is 2.53 bits per heavy atom. The zero-order valence-electron chi connectivity index (χ0n) is 21.2. The predicted molar refractivity (Wildman–Crippen MR) is 158 cm³/mol. The molecule has 6 rings (SSSR count). The number of rotatable bonds is 4. The molecule has 0 bridgehead atoms. The molecule has 2 heterocycles. The van der Waals surface area contributed by atoms with Crippen molar-refractivity contribution in [3.05, 3.63) is 106 Å². The van der Waals surface area contributed by atoms with Crippen molar-refractivity contribution in [2.45, 2.75) is 19.4 Å². The number of likely N-dealkylation sites (N-methyl/N-ethyl adjacent to an activating group) is 1. The molecular formula is C32H25NO4S. The third-order valence-electron chi connectivity index (χ3n) is 7.40. The summed E-state index contributed by atoms with van der Waals surface area (Å²) in [5, 5.41) is 15.1. The second-order valence-corrected chi connectivity index (χ2v) is 11.0. The van der Waals surface area contributed by atoms with Gasteiger partial charge in [0, 0.05) is 51.0 Å². The molecule has 0 radical (unpaired) electrons. The molecule has 188 valence electrons. The molecule has 0 unspecified atom stereocenters. The van der Waals surface area contributed by atoms with Crippen LogP contribution >= 0.6 is 11.8 Å². The predicted octanol–water partition coefficient (Wildman–Crippen LogP) is 7.91. The van der Waals surface area contributed by atoms with Crippen molar-refractivity contribution >= 4 is 61.0 Å². The molecule has 0 aliphatic carbocycles. The molecule has 0 saturated carbocycles. The van der Waals surface area contributed by atoms with Crippen molar-refractivity contribution in [3.8, 4) is 11.1 Å². The number of carboxylic acid groups (broad SMARTS) is 1. The lowest BCUT2D eigenvalue weighted by Crippen LogP contribution is -2.41. The van der Waals surface area contributed by atoms with E-state index in [-0.39, 0.29) is 16.5 Å². The Bertz CT molecular complexity index is 1920. The topological polar surface area (TPSA) is 70.8 Å². The summed E-state index contributed by atoms with van der Waals surface area (Å²) in [7, 11) is 2.06. The third kappa shape index (κ3) is 3.63. The normalized spacial score (nSPS) is 14.5. The van der Waals surface area contributed by atoms with Crippen molar-refractivity contribution in [1.82, 2.24) is 0 Å². The fourth-order valence-electron chi connectivity index (χ4n) is 5.34. The number of aromatic carboxylic acids is 1. The van der Waals surface area contributed by atoms with Crippen molar-refractivity contribution in [3.63, 3.8) is 0 Å². The molecule has 0 amide bonds. The van der Waals surface area contributed by atoms with E-state index < -0.39 is 5.97 Å². The average molecular weight is 520 g/mol. The van der Waals surface area contributed by atoms with E-state index in [1.807, 2.05) is 35.7 Å². The maximum Gasteiger partial charge on any atom is 0.336 e. The van der Waals surface area contributed by atoms with Crippen molar-refractivity contribution in [2.24, 2.45) is 0 Å². The molecule has 0 saturated heterocycles. The van der Waals surface area contributed by atoms with Crippen LogP contribution in [0.3, 0.4) is 0 Å². The molecule has 5 nitrogen and oxygen atoms in total. The Hall–Kier alpha value is -4.29. The van der Waals surface area contributed by atoms with E-state index in [0.717, 1.165) is 43.3 Å². The number of carboxylic acids is 1. The Balaban J connectivity index is 1.82. The SMILES string of the molecule is C=CSC1=CC(C)(C)N(C)c2cc3oc4c(ccc5cc(=O)ccc54)c(-c4ccccc4C(=O)O)c3cc21. The van der Waals surface area contributed by atoms with Gasteiger partial charge in [0.05, 0.1) is 11.1 Å². The summed E-state index contributed by atoms with van der Waals surface area (Å²) < 4.78 is 6.62. The van der Waals surface area contributed by atoms with Gasteiger partial charge in [0.15, 0.2) is 5.43 Å². The maximum absolute atomic E-state index is 12.3. The van der Waals surface area contributed by atoms with E-state index in [4.69, 9.17) is 4.42 Å². The van der Waals surface area contributed by atoms with Gasteiger partial charge in [0.25, 0.3) is 0 Å². The van der Waals surface area contributed by atoms with Gasteiger partial charge in [-0.05, 0) is 72.7 Å². The van der Waals surface area contributed by atoms with Gasteiger partial charge in [-0.15, -0.1) is 0 Å². The number of fused-ring (bicyclic) bond motifs is 5. The molecule has 0 spiro atoms. The van der Waals surface area contributed by atoms with Gasteiger partial charge in [-0.2, -0.15) is 0 Å². The van der Waals surface area contributed by atoms with Crippen LogP contribution in [0.25, 0.3) is 48.7 Å². The lowest BCUT2D eigenvalue weighted by Gasteiger charge is -2.40. The van der Waals surface area contributed by atoms with Gasteiger partial charge in [-0.25, -0.2) is 4.79 Å². The Kier molecular flexibility index (Phi) is 5.47. The van der Waals surface area contributed by atoms with E-state index >= 15 is 0 Å². The smallest absolute Gasteiger partial charge is 0.336 e. The van der Waals surface area contributed by atoms with Crippen LogP contribution in [0.2, 0.25) is 0 Å².